The molecule has 0 saturated heterocycles. The van der Waals surface area contributed by atoms with Crippen LogP contribution in [0.3, 0.4) is 0 Å². The largest absolute Gasteiger partial charge is 0.479 e. The molecule has 1 aromatic heterocycles. The van der Waals surface area contributed by atoms with Crippen LogP contribution in [-0.2, 0) is 10.3 Å². The highest BCUT2D eigenvalue weighted by Gasteiger charge is 2.36. The van der Waals surface area contributed by atoms with Gasteiger partial charge in [0.1, 0.15) is 5.82 Å². The standard InChI is InChI=1S/C15H17N3O2/c1-10-9-16-11(2)13(17-10)18-15(3,14(19)20)12-7-5-4-6-8-12/h4-9H,1-3H3,(H,17,18)(H,19,20). The molecule has 0 fully saturated rings. The predicted molar refractivity (Wildman–Crippen MR) is 76.6 cm³/mol. The molecule has 0 aliphatic heterocycles. The minimum atomic E-state index is -1.26. The fourth-order valence-corrected chi connectivity index (χ4v) is 1.91. The van der Waals surface area contributed by atoms with Crippen molar-refractivity contribution in [3.8, 4) is 0 Å². The number of hydrogen-bond acceptors (Lipinski definition) is 4. The maximum absolute atomic E-state index is 11.7. The summed E-state index contributed by atoms with van der Waals surface area (Å²) in [6.07, 6.45) is 1.65. The van der Waals surface area contributed by atoms with Crippen LogP contribution in [0.5, 0.6) is 0 Å². The maximum Gasteiger partial charge on any atom is 0.333 e. The highest BCUT2D eigenvalue weighted by molar-refractivity contribution is 5.83. The van der Waals surface area contributed by atoms with E-state index in [1.54, 1.807) is 32.2 Å². The van der Waals surface area contributed by atoms with Crippen molar-refractivity contribution >= 4 is 11.8 Å². The Hall–Kier alpha value is -2.43. The second kappa shape index (κ2) is 5.28. The molecule has 1 aromatic carbocycles. The number of aromatic nitrogens is 2. The number of aliphatic carboxylic acids is 1. The van der Waals surface area contributed by atoms with E-state index >= 15 is 0 Å². The number of anilines is 1. The molecule has 0 radical (unpaired) electrons. The van der Waals surface area contributed by atoms with Crippen LogP contribution in [-0.4, -0.2) is 21.0 Å². The first-order valence-electron chi connectivity index (χ1n) is 6.31. The van der Waals surface area contributed by atoms with Crippen molar-refractivity contribution in [2.75, 3.05) is 5.32 Å². The summed E-state index contributed by atoms with van der Waals surface area (Å²) < 4.78 is 0. The third kappa shape index (κ3) is 2.61. The predicted octanol–water partition coefficient (Wildman–Crippen LogP) is 2.51. The highest BCUT2D eigenvalue weighted by atomic mass is 16.4. The Morgan fingerprint density at radius 2 is 1.90 bits per heavy atom. The lowest BCUT2D eigenvalue weighted by molar-refractivity contribution is -0.142. The molecule has 0 aliphatic carbocycles. The van der Waals surface area contributed by atoms with E-state index in [9.17, 15) is 9.90 Å². The topological polar surface area (TPSA) is 75.1 Å². The molecule has 5 nitrogen and oxygen atoms in total. The molecule has 2 aromatic rings. The van der Waals surface area contributed by atoms with E-state index in [0.29, 0.717) is 17.1 Å². The number of carboxylic acids is 1. The van der Waals surface area contributed by atoms with Crippen LogP contribution in [0.15, 0.2) is 36.5 Å². The van der Waals surface area contributed by atoms with Crippen molar-refractivity contribution in [2.24, 2.45) is 0 Å². The second-order valence-electron chi connectivity index (χ2n) is 4.87. The van der Waals surface area contributed by atoms with Crippen molar-refractivity contribution in [1.29, 1.82) is 0 Å². The zero-order valence-electron chi connectivity index (χ0n) is 11.7. The van der Waals surface area contributed by atoms with Gasteiger partial charge < -0.3 is 10.4 Å². The maximum atomic E-state index is 11.7. The third-order valence-electron chi connectivity index (χ3n) is 3.22. The van der Waals surface area contributed by atoms with Crippen LogP contribution in [0.25, 0.3) is 0 Å². The van der Waals surface area contributed by atoms with Gasteiger partial charge in [-0.3, -0.25) is 4.98 Å². The average molecular weight is 271 g/mol. The SMILES string of the molecule is Cc1cnc(C)c(NC(C)(C(=O)O)c2ccccc2)n1. The molecule has 104 valence electrons. The van der Waals surface area contributed by atoms with Gasteiger partial charge in [0.05, 0.1) is 11.4 Å². The molecule has 5 heteroatoms. The molecular weight excluding hydrogens is 254 g/mol. The van der Waals surface area contributed by atoms with E-state index in [-0.39, 0.29) is 0 Å². The quantitative estimate of drug-likeness (QED) is 0.893. The van der Waals surface area contributed by atoms with Gasteiger partial charge in [-0.1, -0.05) is 30.3 Å². The molecular formula is C15H17N3O2. The lowest BCUT2D eigenvalue weighted by Crippen LogP contribution is -2.41. The van der Waals surface area contributed by atoms with Gasteiger partial charge in [0.2, 0.25) is 0 Å². The first-order chi connectivity index (χ1) is 9.43. The van der Waals surface area contributed by atoms with Gasteiger partial charge in [-0.25, -0.2) is 9.78 Å². The molecule has 1 atom stereocenters. The number of rotatable bonds is 4. The Morgan fingerprint density at radius 1 is 1.25 bits per heavy atom. The third-order valence-corrected chi connectivity index (χ3v) is 3.22. The number of carboxylic acid groups (broad SMARTS) is 1. The number of benzene rings is 1. The van der Waals surface area contributed by atoms with Gasteiger partial charge in [0, 0.05) is 6.20 Å². The van der Waals surface area contributed by atoms with E-state index in [1.807, 2.05) is 25.1 Å². The molecule has 1 heterocycles. The zero-order chi connectivity index (χ0) is 14.8. The molecule has 0 aliphatic rings. The van der Waals surface area contributed by atoms with Crippen LogP contribution < -0.4 is 5.32 Å². The number of aryl methyl sites for hydroxylation is 2. The smallest absolute Gasteiger partial charge is 0.333 e. The Kier molecular flexibility index (Phi) is 3.70. The highest BCUT2D eigenvalue weighted by Crippen LogP contribution is 2.26. The van der Waals surface area contributed by atoms with Crippen molar-refractivity contribution < 1.29 is 9.90 Å². The first-order valence-corrected chi connectivity index (χ1v) is 6.31. The molecule has 2 rings (SSSR count). The van der Waals surface area contributed by atoms with E-state index in [2.05, 4.69) is 15.3 Å². The Bertz CT molecular complexity index is 628. The zero-order valence-corrected chi connectivity index (χ0v) is 11.7. The van der Waals surface area contributed by atoms with Crippen molar-refractivity contribution in [3.05, 3.63) is 53.5 Å². The minimum absolute atomic E-state index is 0.485. The fraction of sp³-hybridized carbons (Fsp3) is 0.267. The average Bonchev–Trinajstić information content (AvgIpc) is 2.43. The summed E-state index contributed by atoms with van der Waals surface area (Å²) in [5, 5.41) is 12.6. The van der Waals surface area contributed by atoms with Crippen molar-refractivity contribution in [3.63, 3.8) is 0 Å². The van der Waals surface area contributed by atoms with Crippen LogP contribution in [0.1, 0.15) is 23.9 Å². The fourth-order valence-electron chi connectivity index (χ4n) is 1.91. The summed E-state index contributed by atoms with van der Waals surface area (Å²) in [5.41, 5.74) is 0.808. The molecule has 0 bridgehead atoms. The molecule has 2 N–H and O–H groups in total. The second-order valence-corrected chi connectivity index (χ2v) is 4.87. The van der Waals surface area contributed by atoms with Crippen LogP contribution in [0.4, 0.5) is 5.82 Å². The Labute approximate surface area is 117 Å². The van der Waals surface area contributed by atoms with Crippen LogP contribution in [0.2, 0.25) is 0 Å². The number of hydrogen-bond donors (Lipinski definition) is 2. The van der Waals surface area contributed by atoms with Gasteiger partial charge in [-0.15, -0.1) is 0 Å². The lowest BCUT2D eigenvalue weighted by atomic mass is 9.92. The number of nitrogens with one attached hydrogen (secondary N) is 1. The molecule has 0 amide bonds. The molecule has 0 spiro atoms. The summed E-state index contributed by atoms with van der Waals surface area (Å²) >= 11 is 0. The van der Waals surface area contributed by atoms with Crippen molar-refractivity contribution in [2.45, 2.75) is 26.3 Å². The minimum Gasteiger partial charge on any atom is -0.479 e. The normalized spacial score (nSPS) is 13.6. The van der Waals surface area contributed by atoms with Gasteiger partial charge in [0.25, 0.3) is 0 Å². The lowest BCUT2D eigenvalue weighted by Gasteiger charge is -2.28. The molecule has 20 heavy (non-hydrogen) atoms. The van der Waals surface area contributed by atoms with Gasteiger partial charge >= 0.3 is 5.97 Å². The summed E-state index contributed by atoms with van der Waals surface area (Å²) in [6, 6.07) is 9.03. The van der Waals surface area contributed by atoms with Gasteiger partial charge in [-0.05, 0) is 26.3 Å². The monoisotopic (exact) mass is 271 g/mol. The summed E-state index contributed by atoms with van der Waals surface area (Å²) in [4.78, 5) is 20.2. The van der Waals surface area contributed by atoms with E-state index < -0.39 is 11.5 Å². The number of nitrogens with zero attached hydrogens (tertiary/aromatic N) is 2. The number of carbonyl (C=O) groups is 1. The van der Waals surface area contributed by atoms with E-state index in [4.69, 9.17) is 0 Å². The van der Waals surface area contributed by atoms with Gasteiger partial charge in [-0.2, -0.15) is 0 Å². The van der Waals surface area contributed by atoms with Crippen LogP contribution >= 0.6 is 0 Å². The molecule has 0 saturated carbocycles. The molecule has 1 unspecified atom stereocenters. The Morgan fingerprint density at radius 3 is 2.50 bits per heavy atom. The first kappa shape index (κ1) is 14.0. The van der Waals surface area contributed by atoms with Crippen LogP contribution in [0, 0.1) is 13.8 Å². The summed E-state index contributed by atoms with van der Waals surface area (Å²) in [6.45, 7) is 5.23. The van der Waals surface area contributed by atoms with E-state index in [1.165, 1.54) is 0 Å². The van der Waals surface area contributed by atoms with E-state index in [0.717, 1.165) is 5.69 Å². The Balaban J connectivity index is 2.45. The summed E-state index contributed by atoms with van der Waals surface area (Å²) in [7, 11) is 0. The summed E-state index contributed by atoms with van der Waals surface area (Å²) in [5.74, 6) is -0.481. The van der Waals surface area contributed by atoms with Gasteiger partial charge in [0.15, 0.2) is 5.54 Å². The van der Waals surface area contributed by atoms with Crippen molar-refractivity contribution in [1.82, 2.24) is 9.97 Å².